The van der Waals surface area contributed by atoms with Gasteiger partial charge in [0, 0.05) is 43.8 Å². The van der Waals surface area contributed by atoms with Crippen molar-refractivity contribution in [1.29, 1.82) is 0 Å². The molecule has 0 radical (unpaired) electrons. The van der Waals surface area contributed by atoms with Crippen molar-refractivity contribution in [1.82, 2.24) is 14.2 Å². The summed E-state index contributed by atoms with van der Waals surface area (Å²) in [6, 6.07) is 14.7. The van der Waals surface area contributed by atoms with Crippen LogP contribution in [0.4, 0.5) is 0 Å². The first-order chi connectivity index (χ1) is 15.7. The van der Waals surface area contributed by atoms with E-state index in [0.29, 0.717) is 25.9 Å². The van der Waals surface area contributed by atoms with Gasteiger partial charge in [0.15, 0.2) is 0 Å². The molecule has 8 heteroatoms. The van der Waals surface area contributed by atoms with Gasteiger partial charge in [0.1, 0.15) is 5.75 Å². The van der Waals surface area contributed by atoms with E-state index >= 15 is 0 Å². The maximum atomic E-state index is 13.3. The van der Waals surface area contributed by atoms with E-state index in [0.717, 1.165) is 22.2 Å². The fourth-order valence-electron chi connectivity index (χ4n) is 4.24. The number of aryl methyl sites for hydroxylation is 1. The summed E-state index contributed by atoms with van der Waals surface area (Å²) in [6.07, 6.45) is 3.35. The van der Waals surface area contributed by atoms with E-state index in [-0.39, 0.29) is 29.4 Å². The third kappa shape index (κ3) is 5.23. The van der Waals surface area contributed by atoms with Crippen LogP contribution in [0.3, 0.4) is 0 Å². The van der Waals surface area contributed by atoms with Crippen LogP contribution in [-0.4, -0.2) is 42.4 Å². The third-order valence-electron chi connectivity index (χ3n) is 6.01. The molecule has 1 atom stereocenters. The third-order valence-corrected chi connectivity index (χ3v) is 7.87. The Labute approximate surface area is 195 Å². The maximum absolute atomic E-state index is 13.3. The second-order valence-electron chi connectivity index (χ2n) is 8.88. The van der Waals surface area contributed by atoms with Gasteiger partial charge < -0.3 is 14.6 Å². The van der Waals surface area contributed by atoms with E-state index in [1.54, 1.807) is 12.1 Å². The van der Waals surface area contributed by atoms with Crippen molar-refractivity contribution in [2.45, 2.75) is 44.2 Å². The summed E-state index contributed by atoms with van der Waals surface area (Å²) in [5, 5.41) is 3.85. The van der Waals surface area contributed by atoms with Crippen LogP contribution in [0, 0.1) is 5.92 Å². The molecule has 1 amide bonds. The molecule has 1 saturated heterocycles. The van der Waals surface area contributed by atoms with Crippen LogP contribution in [-0.2, 0) is 28.4 Å². The lowest BCUT2D eigenvalue weighted by Gasteiger charge is -2.31. The van der Waals surface area contributed by atoms with Crippen molar-refractivity contribution < 1.29 is 17.9 Å². The SMILES string of the molecule is CC(C)Oc1ccc(CNC(=O)[C@@H]2CCCN(S(=O)(=O)c3ccc4c(ccn4C)c3)C2)cc1. The molecule has 3 aromatic rings. The minimum absolute atomic E-state index is 0.107. The number of hydrogen-bond donors (Lipinski definition) is 1. The quantitative estimate of drug-likeness (QED) is 0.572. The summed E-state index contributed by atoms with van der Waals surface area (Å²) >= 11 is 0. The van der Waals surface area contributed by atoms with Gasteiger partial charge in [0.2, 0.25) is 15.9 Å². The molecule has 1 N–H and O–H groups in total. The van der Waals surface area contributed by atoms with Gasteiger partial charge in [-0.15, -0.1) is 0 Å². The minimum Gasteiger partial charge on any atom is -0.491 e. The van der Waals surface area contributed by atoms with Crippen LogP contribution >= 0.6 is 0 Å². The summed E-state index contributed by atoms with van der Waals surface area (Å²) in [6.45, 7) is 4.97. The molecule has 1 aliphatic heterocycles. The highest BCUT2D eigenvalue weighted by Gasteiger charge is 2.33. The zero-order valence-electron chi connectivity index (χ0n) is 19.3. The second kappa shape index (κ2) is 9.57. The summed E-state index contributed by atoms with van der Waals surface area (Å²) in [5.74, 6) is 0.315. The first-order valence-electron chi connectivity index (χ1n) is 11.3. The number of rotatable bonds is 7. The molecule has 0 aliphatic carbocycles. The molecular weight excluding hydrogens is 438 g/mol. The Hall–Kier alpha value is -2.84. The molecule has 0 unspecified atom stereocenters. The number of nitrogens with one attached hydrogen (secondary N) is 1. The Morgan fingerprint density at radius 2 is 1.91 bits per heavy atom. The molecule has 1 aliphatic rings. The second-order valence-corrected chi connectivity index (χ2v) is 10.8. The number of hydrogen-bond acceptors (Lipinski definition) is 4. The number of sulfonamides is 1. The number of benzene rings is 2. The van der Waals surface area contributed by atoms with E-state index in [2.05, 4.69) is 5.32 Å². The molecule has 2 heterocycles. The number of ether oxygens (including phenoxy) is 1. The van der Waals surface area contributed by atoms with Gasteiger partial charge in [-0.2, -0.15) is 4.31 Å². The number of aromatic nitrogens is 1. The van der Waals surface area contributed by atoms with Gasteiger partial charge in [0.05, 0.1) is 16.9 Å². The minimum atomic E-state index is -3.66. The van der Waals surface area contributed by atoms with Crippen LogP contribution in [0.15, 0.2) is 59.6 Å². The summed E-state index contributed by atoms with van der Waals surface area (Å²) in [4.78, 5) is 13.1. The first kappa shape index (κ1) is 23.3. The van der Waals surface area contributed by atoms with E-state index in [1.807, 2.05) is 68.1 Å². The molecule has 0 spiro atoms. The molecular formula is C25H31N3O4S. The molecule has 1 aromatic heterocycles. The van der Waals surface area contributed by atoms with Crippen molar-refractivity contribution in [3.63, 3.8) is 0 Å². The van der Waals surface area contributed by atoms with Crippen LogP contribution in [0.2, 0.25) is 0 Å². The van der Waals surface area contributed by atoms with Gasteiger partial charge in [-0.05, 0) is 68.7 Å². The first-order valence-corrected chi connectivity index (χ1v) is 12.8. The normalized spacial score (nSPS) is 17.4. The highest BCUT2D eigenvalue weighted by molar-refractivity contribution is 7.89. The van der Waals surface area contributed by atoms with Crippen LogP contribution in [0.25, 0.3) is 10.9 Å². The van der Waals surface area contributed by atoms with Gasteiger partial charge in [-0.1, -0.05) is 12.1 Å². The van der Waals surface area contributed by atoms with E-state index in [1.165, 1.54) is 4.31 Å². The molecule has 176 valence electrons. The number of fused-ring (bicyclic) bond motifs is 1. The zero-order valence-corrected chi connectivity index (χ0v) is 20.1. The van der Waals surface area contributed by atoms with Crippen LogP contribution in [0.1, 0.15) is 32.3 Å². The number of piperidine rings is 1. The maximum Gasteiger partial charge on any atom is 0.243 e. The zero-order chi connectivity index (χ0) is 23.6. The Kier molecular flexibility index (Phi) is 6.76. The van der Waals surface area contributed by atoms with Crippen molar-refractivity contribution in [3.8, 4) is 5.75 Å². The highest BCUT2D eigenvalue weighted by Crippen LogP contribution is 2.26. The van der Waals surface area contributed by atoms with E-state index < -0.39 is 10.0 Å². The lowest BCUT2D eigenvalue weighted by Crippen LogP contribution is -2.45. The fraction of sp³-hybridized carbons (Fsp3) is 0.400. The average Bonchev–Trinajstić information content (AvgIpc) is 3.18. The van der Waals surface area contributed by atoms with Crippen LogP contribution < -0.4 is 10.1 Å². The highest BCUT2D eigenvalue weighted by atomic mass is 32.2. The monoisotopic (exact) mass is 469 g/mol. The molecule has 2 aromatic carbocycles. The number of amides is 1. The lowest BCUT2D eigenvalue weighted by atomic mass is 9.99. The molecule has 33 heavy (non-hydrogen) atoms. The number of carbonyl (C=O) groups excluding carboxylic acids is 1. The molecule has 4 rings (SSSR count). The van der Waals surface area contributed by atoms with E-state index in [9.17, 15) is 13.2 Å². The van der Waals surface area contributed by atoms with Crippen molar-refractivity contribution >= 4 is 26.8 Å². The summed E-state index contributed by atoms with van der Waals surface area (Å²) in [5.41, 5.74) is 1.95. The van der Waals surface area contributed by atoms with Crippen LogP contribution in [0.5, 0.6) is 5.75 Å². The fourth-order valence-corrected chi connectivity index (χ4v) is 5.80. The predicted octanol–water partition coefficient (Wildman–Crippen LogP) is 3.68. The Balaban J connectivity index is 1.39. The van der Waals surface area contributed by atoms with E-state index in [4.69, 9.17) is 4.74 Å². The number of carbonyl (C=O) groups is 1. The molecule has 0 bridgehead atoms. The van der Waals surface area contributed by atoms with Gasteiger partial charge in [-0.25, -0.2) is 8.42 Å². The number of nitrogens with zero attached hydrogens (tertiary/aromatic N) is 2. The molecule has 0 saturated carbocycles. The average molecular weight is 470 g/mol. The summed E-state index contributed by atoms with van der Waals surface area (Å²) in [7, 11) is -1.73. The topological polar surface area (TPSA) is 80.6 Å². The Morgan fingerprint density at radius 3 is 2.64 bits per heavy atom. The summed E-state index contributed by atoms with van der Waals surface area (Å²) < 4.78 is 35.6. The van der Waals surface area contributed by atoms with Crippen molar-refractivity contribution in [2.75, 3.05) is 13.1 Å². The lowest BCUT2D eigenvalue weighted by molar-refractivity contribution is -0.126. The Morgan fingerprint density at radius 1 is 1.15 bits per heavy atom. The van der Waals surface area contributed by atoms with Gasteiger partial charge in [0.25, 0.3) is 0 Å². The van der Waals surface area contributed by atoms with Gasteiger partial charge >= 0.3 is 0 Å². The predicted molar refractivity (Wildman–Crippen MR) is 128 cm³/mol. The van der Waals surface area contributed by atoms with Gasteiger partial charge in [-0.3, -0.25) is 4.79 Å². The smallest absolute Gasteiger partial charge is 0.243 e. The van der Waals surface area contributed by atoms with Crippen molar-refractivity contribution in [2.24, 2.45) is 13.0 Å². The molecule has 1 fully saturated rings. The largest absolute Gasteiger partial charge is 0.491 e. The molecule has 7 nitrogen and oxygen atoms in total. The standard InChI is InChI=1S/C25H31N3O4S/c1-18(2)32-22-8-6-19(7-9-22)16-26-25(29)21-5-4-13-28(17-21)33(30,31)23-10-11-24-20(15-23)12-14-27(24)3/h6-12,14-15,18,21H,4-5,13,16-17H2,1-3H3,(H,26,29)/t21-/m1/s1. The Bertz CT molecular complexity index is 1230. The van der Waals surface area contributed by atoms with Crippen molar-refractivity contribution in [3.05, 3.63) is 60.3 Å².